The highest BCUT2D eigenvalue weighted by Gasteiger charge is 2.13. The van der Waals surface area contributed by atoms with Crippen molar-refractivity contribution in [3.8, 4) is 0 Å². The average Bonchev–Trinajstić information content (AvgIpc) is 2.39. The van der Waals surface area contributed by atoms with Crippen LogP contribution in [0.4, 0.5) is 5.69 Å². The molecule has 19 heavy (non-hydrogen) atoms. The number of carbonyl (C=O) groups is 2. The van der Waals surface area contributed by atoms with Gasteiger partial charge in [-0.3, -0.25) is 9.59 Å². The van der Waals surface area contributed by atoms with Crippen LogP contribution in [0.2, 0.25) is 0 Å². The molecule has 0 saturated heterocycles. The Kier molecular flexibility index (Phi) is 6.38. The summed E-state index contributed by atoms with van der Waals surface area (Å²) >= 11 is 1.56. The van der Waals surface area contributed by atoms with E-state index in [0.29, 0.717) is 0 Å². The molecular weight excluding hydrogens is 264 g/mol. The number of thioether (sulfide) groups is 1. The summed E-state index contributed by atoms with van der Waals surface area (Å²) in [4.78, 5) is 25.6. The smallest absolute Gasteiger partial charge is 0.248 e. The van der Waals surface area contributed by atoms with Crippen molar-refractivity contribution in [3.63, 3.8) is 0 Å². The predicted octanol–water partition coefficient (Wildman–Crippen LogP) is 1.45. The largest absolute Gasteiger partial charge is 0.375 e. The first-order valence-corrected chi connectivity index (χ1v) is 6.96. The van der Waals surface area contributed by atoms with E-state index in [-0.39, 0.29) is 25.0 Å². The molecule has 1 aromatic carbocycles. The monoisotopic (exact) mass is 282 g/mol. The Morgan fingerprint density at radius 1 is 1.37 bits per heavy atom. The van der Waals surface area contributed by atoms with Crippen molar-refractivity contribution >= 4 is 29.3 Å². The number of rotatable bonds is 6. The van der Waals surface area contributed by atoms with Gasteiger partial charge in [-0.05, 0) is 18.4 Å². The maximum Gasteiger partial charge on any atom is 0.248 e. The number of hydrogen-bond acceptors (Lipinski definition) is 4. The van der Waals surface area contributed by atoms with Crippen LogP contribution in [0, 0.1) is 0 Å². The van der Waals surface area contributed by atoms with Gasteiger partial charge >= 0.3 is 0 Å². The van der Waals surface area contributed by atoms with Gasteiger partial charge in [0.2, 0.25) is 11.8 Å². The number of ether oxygens (including phenoxy) is 1. The van der Waals surface area contributed by atoms with E-state index in [1.807, 2.05) is 30.5 Å². The maximum absolute atomic E-state index is 11.8. The van der Waals surface area contributed by atoms with Gasteiger partial charge in [-0.25, -0.2) is 0 Å². The van der Waals surface area contributed by atoms with E-state index in [9.17, 15) is 9.59 Å². The third-order valence-corrected chi connectivity index (χ3v) is 3.25. The maximum atomic E-state index is 11.8. The fourth-order valence-corrected chi connectivity index (χ4v) is 2.03. The summed E-state index contributed by atoms with van der Waals surface area (Å²) in [5, 5.41) is 2.79. The Bertz CT molecular complexity index is 451. The minimum Gasteiger partial charge on any atom is -0.375 e. The lowest BCUT2D eigenvalue weighted by atomic mass is 10.3. The number of benzene rings is 1. The van der Waals surface area contributed by atoms with Crippen molar-refractivity contribution in [2.24, 2.45) is 0 Å². The number of amides is 2. The Labute approximate surface area is 117 Å². The minimum absolute atomic E-state index is 0.00487. The van der Waals surface area contributed by atoms with Gasteiger partial charge < -0.3 is 15.0 Å². The van der Waals surface area contributed by atoms with Crippen LogP contribution in [0.15, 0.2) is 29.2 Å². The second kappa shape index (κ2) is 7.81. The zero-order valence-corrected chi connectivity index (χ0v) is 12.1. The van der Waals surface area contributed by atoms with Crippen LogP contribution in [0.25, 0.3) is 0 Å². The zero-order valence-electron chi connectivity index (χ0n) is 11.3. The molecule has 2 amide bonds. The third kappa shape index (κ3) is 4.92. The number of methoxy groups -OCH3 is 1. The molecular formula is C13H18N2O3S. The molecule has 0 unspecified atom stereocenters. The number of nitrogens with zero attached hydrogens (tertiary/aromatic N) is 1. The van der Waals surface area contributed by atoms with Gasteiger partial charge in [0, 0.05) is 19.1 Å². The van der Waals surface area contributed by atoms with Gasteiger partial charge in [-0.1, -0.05) is 12.1 Å². The Balaban J connectivity index is 2.58. The molecule has 0 aromatic heterocycles. The Hall–Kier alpha value is -1.53. The summed E-state index contributed by atoms with van der Waals surface area (Å²) in [7, 11) is 3.02. The molecule has 5 nitrogen and oxygen atoms in total. The van der Waals surface area contributed by atoms with Gasteiger partial charge in [-0.15, -0.1) is 11.8 Å². The zero-order chi connectivity index (χ0) is 14.3. The summed E-state index contributed by atoms with van der Waals surface area (Å²) in [6.45, 7) is -0.0178. The molecule has 0 saturated carbocycles. The summed E-state index contributed by atoms with van der Waals surface area (Å²) in [6, 6.07) is 7.53. The lowest BCUT2D eigenvalue weighted by Gasteiger charge is -2.17. The fourth-order valence-electron chi connectivity index (χ4n) is 1.47. The molecule has 0 atom stereocenters. The second-order valence-corrected chi connectivity index (χ2v) is 4.78. The second-order valence-electron chi connectivity index (χ2n) is 3.93. The summed E-state index contributed by atoms with van der Waals surface area (Å²) in [5.74, 6) is -0.454. The lowest BCUT2D eigenvalue weighted by molar-refractivity contribution is -0.136. The van der Waals surface area contributed by atoms with E-state index < -0.39 is 0 Å². The summed E-state index contributed by atoms with van der Waals surface area (Å²) in [6.07, 6.45) is 1.94. The van der Waals surface area contributed by atoms with Crippen LogP contribution in [0.3, 0.4) is 0 Å². The van der Waals surface area contributed by atoms with Crippen molar-refractivity contribution in [2.45, 2.75) is 4.90 Å². The predicted molar refractivity (Wildman–Crippen MR) is 76.4 cm³/mol. The number of nitrogens with one attached hydrogen (secondary N) is 1. The normalized spacial score (nSPS) is 10.1. The molecule has 1 aromatic rings. The molecule has 0 radical (unpaired) electrons. The minimum atomic E-state index is -0.228. The molecule has 0 aliphatic rings. The molecule has 0 spiro atoms. The highest BCUT2D eigenvalue weighted by Crippen LogP contribution is 2.24. The molecule has 0 aliphatic carbocycles. The van der Waals surface area contributed by atoms with Gasteiger partial charge in [-0.2, -0.15) is 0 Å². The molecule has 6 heteroatoms. The third-order valence-electron chi connectivity index (χ3n) is 2.46. The average molecular weight is 282 g/mol. The number of likely N-dealkylation sites (N-methyl/N-ethyl adjacent to an activating group) is 1. The van der Waals surface area contributed by atoms with Crippen LogP contribution < -0.4 is 5.32 Å². The number of carbonyl (C=O) groups excluding carboxylic acids is 2. The molecule has 1 rings (SSSR count). The quantitative estimate of drug-likeness (QED) is 0.802. The first kappa shape index (κ1) is 15.5. The SMILES string of the molecule is COCC(=O)N(C)CC(=O)Nc1ccccc1SC. The van der Waals surface area contributed by atoms with Gasteiger partial charge in [0.15, 0.2) is 0 Å². The Morgan fingerprint density at radius 3 is 2.68 bits per heavy atom. The highest BCUT2D eigenvalue weighted by molar-refractivity contribution is 7.98. The lowest BCUT2D eigenvalue weighted by Crippen LogP contribution is -2.36. The molecule has 0 heterocycles. The topological polar surface area (TPSA) is 58.6 Å². The van der Waals surface area contributed by atoms with E-state index in [1.165, 1.54) is 12.0 Å². The van der Waals surface area contributed by atoms with Crippen LogP contribution in [-0.4, -0.2) is 50.3 Å². The van der Waals surface area contributed by atoms with Crippen molar-refractivity contribution in [1.82, 2.24) is 4.90 Å². The van der Waals surface area contributed by atoms with E-state index in [2.05, 4.69) is 5.32 Å². The molecule has 1 N–H and O–H groups in total. The number of hydrogen-bond donors (Lipinski definition) is 1. The van der Waals surface area contributed by atoms with Crippen LogP contribution in [0.5, 0.6) is 0 Å². The van der Waals surface area contributed by atoms with Gasteiger partial charge in [0.1, 0.15) is 6.61 Å². The first-order valence-electron chi connectivity index (χ1n) is 5.74. The van der Waals surface area contributed by atoms with Crippen molar-refractivity contribution in [3.05, 3.63) is 24.3 Å². The molecule has 104 valence electrons. The molecule has 0 bridgehead atoms. The first-order chi connectivity index (χ1) is 9.08. The van der Waals surface area contributed by atoms with E-state index in [1.54, 1.807) is 18.8 Å². The molecule has 0 aliphatic heterocycles. The van der Waals surface area contributed by atoms with E-state index >= 15 is 0 Å². The fraction of sp³-hybridized carbons (Fsp3) is 0.385. The standard InChI is InChI=1S/C13H18N2O3S/c1-15(13(17)9-18-2)8-12(16)14-10-6-4-5-7-11(10)19-3/h4-7H,8-9H2,1-3H3,(H,14,16). The van der Waals surface area contributed by atoms with E-state index in [0.717, 1.165) is 10.6 Å². The highest BCUT2D eigenvalue weighted by atomic mass is 32.2. The van der Waals surface area contributed by atoms with Crippen molar-refractivity contribution < 1.29 is 14.3 Å². The van der Waals surface area contributed by atoms with Crippen molar-refractivity contribution in [2.75, 3.05) is 38.9 Å². The van der Waals surface area contributed by atoms with Gasteiger partial charge in [0.25, 0.3) is 0 Å². The Morgan fingerprint density at radius 2 is 2.05 bits per heavy atom. The summed E-state index contributed by atoms with van der Waals surface area (Å²) in [5.41, 5.74) is 0.757. The molecule has 0 fully saturated rings. The van der Waals surface area contributed by atoms with Crippen LogP contribution in [0.1, 0.15) is 0 Å². The van der Waals surface area contributed by atoms with Crippen LogP contribution >= 0.6 is 11.8 Å². The van der Waals surface area contributed by atoms with Crippen LogP contribution in [-0.2, 0) is 14.3 Å². The van der Waals surface area contributed by atoms with E-state index in [4.69, 9.17) is 4.74 Å². The van der Waals surface area contributed by atoms with Crippen molar-refractivity contribution in [1.29, 1.82) is 0 Å². The number of para-hydroxylation sites is 1. The number of anilines is 1. The summed E-state index contributed by atoms with van der Waals surface area (Å²) < 4.78 is 4.73. The van der Waals surface area contributed by atoms with Gasteiger partial charge in [0.05, 0.1) is 12.2 Å².